The average molecular weight is 742 g/mol. The zero-order chi connectivity index (χ0) is 38.8. The quantitative estimate of drug-likeness (QED) is 0.176. The first-order valence-electron chi connectivity index (χ1n) is 20.0. The van der Waals surface area contributed by atoms with Gasteiger partial charge in [-0.15, -0.1) is 0 Å². The fraction of sp³-hybridized carbons (Fsp3) is 0.0727. The lowest BCUT2D eigenvalue weighted by atomic mass is 9.55. The molecule has 274 valence electrons. The molecule has 9 aromatic rings. The number of hydrogen-bond donors (Lipinski definition) is 0. The van der Waals surface area contributed by atoms with E-state index >= 15 is 0 Å². The van der Waals surface area contributed by atoms with Crippen molar-refractivity contribution in [1.29, 1.82) is 0 Å². The molecule has 0 bridgehead atoms. The molecule has 0 atom stereocenters. The normalized spacial score (nSPS) is 14.0. The number of benzene rings is 8. The maximum Gasteiger partial charge on any atom is 0.164 e. The molecule has 2 aliphatic carbocycles. The van der Waals surface area contributed by atoms with Crippen molar-refractivity contribution in [3.63, 3.8) is 0 Å². The molecule has 0 unspecified atom stereocenters. The van der Waals surface area contributed by atoms with Crippen molar-refractivity contribution in [2.75, 3.05) is 0 Å². The van der Waals surface area contributed by atoms with E-state index in [1.54, 1.807) is 0 Å². The summed E-state index contributed by atoms with van der Waals surface area (Å²) in [6.07, 6.45) is 0. The summed E-state index contributed by atoms with van der Waals surface area (Å²) in [6.45, 7) is 4.77. The van der Waals surface area contributed by atoms with Crippen LogP contribution in [-0.2, 0) is 10.8 Å². The van der Waals surface area contributed by atoms with E-state index in [9.17, 15) is 0 Å². The monoisotopic (exact) mass is 741 g/mol. The van der Waals surface area contributed by atoms with Gasteiger partial charge in [0.25, 0.3) is 0 Å². The fourth-order valence-electron chi connectivity index (χ4n) is 9.75. The Bertz CT molecular complexity index is 2920. The van der Waals surface area contributed by atoms with Gasteiger partial charge in [0.05, 0.1) is 5.41 Å². The van der Waals surface area contributed by atoms with Gasteiger partial charge in [-0.3, -0.25) is 0 Å². The van der Waals surface area contributed by atoms with Gasteiger partial charge in [-0.25, -0.2) is 15.0 Å². The summed E-state index contributed by atoms with van der Waals surface area (Å²) in [5.41, 5.74) is 17.7. The Morgan fingerprint density at radius 2 is 0.638 bits per heavy atom. The predicted molar refractivity (Wildman–Crippen MR) is 236 cm³/mol. The molecule has 1 spiro atoms. The van der Waals surface area contributed by atoms with Crippen LogP contribution < -0.4 is 0 Å². The van der Waals surface area contributed by atoms with Gasteiger partial charge in [-0.2, -0.15) is 0 Å². The Kier molecular flexibility index (Phi) is 7.74. The van der Waals surface area contributed by atoms with Crippen molar-refractivity contribution in [1.82, 2.24) is 15.0 Å². The van der Waals surface area contributed by atoms with Crippen LogP contribution in [0.2, 0.25) is 0 Å². The molecule has 1 heterocycles. The van der Waals surface area contributed by atoms with Crippen molar-refractivity contribution in [2.45, 2.75) is 24.7 Å². The molecule has 0 saturated heterocycles. The zero-order valence-electron chi connectivity index (χ0n) is 32.4. The van der Waals surface area contributed by atoms with E-state index in [2.05, 4.69) is 153 Å². The maximum atomic E-state index is 4.98. The molecule has 8 aromatic carbocycles. The van der Waals surface area contributed by atoms with E-state index < -0.39 is 5.41 Å². The smallest absolute Gasteiger partial charge is 0.164 e. The Morgan fingerprint density at radius 3 is 1.17 bits per heavy atom. The Balaban J connectivity index is 1.05. The van der Waals surface area contributed by atoms with Crippen LogP contribution in [-0.4, -0.2) is 15.0 Å². The van der Waals surface area contributed by atoms with Gasteiger partial charge in [0.1, 0.15) is 0 Å². The summed E-state index contributed by atoms with van der Waals surface area (Å²) in [7, 11) is 0. The highest BCUT2D eigenvalue weighted by Crippen LogP contribution is 2.62. The maximum absolute atomic E-state index is 4.98. The van der Waals surface area contributed by atoms with Crippen LogP contribution in [0.1, 0.15) is 47.2 Å². The predicted octanol–water partition coefficient (Wildman–Crippen LogP) is 13.2. The molecule has 0 amide bonds. The van der Waals surface area contributed by atoms with Crippen molar-refractivity contribution in [2.24, 2.45) is 0 Å². The van der Waals surface area contributed by atoms with E-state index in [0.717, 1.165) is 22.3 Å². The second-order valence-electron chi connectivity index (χ2n) is 15.9. The molecular formula is C55H39N3. The molecule has 58 heavy (non-hydrogen) atoms. The molecule has 0 fully saturated rings. The van der Waals surface area contributed by atoms with Crippen LogP contribution in [0.3, 0.4) is 0 Å². The molecule has 0 saturated carbocycles. The number of fused-ring (bicyclic) bond motifs is 9. The van der Waals surface area contributed by atoms with E-state index in [1.807, 2.05) is 60.7 Å². The van der Waals surface area contributed by atoms with Gasteiger partial charge in [0.15, 0.2) is 17.5 Å². The molecule has 3 heteroatoms. The van der Waals surface area contributed by atoms with Crippen LogP contribution in [0.25, 0.3) is 67.5 Å². The van der Waals surface area contributed by atoms with E-state index in [0.29, 0.717) is 17.5 Å². The summed E-state index contributed by atoms with van der Waals surface area (Å²) in [6, 6.07) is 72.2. The largest absolute Gasteiger partial charge is 0.208 e. The van der Waals surface area contributed by atoms with Gasteiger partial charge in [0.2, 0.25) is 0 Å². The number of rotatable bonds is 5. The third kappa shape index (κ3) is 5.10. The van der Waals surface area contributed by atoms with Gasteiger partial charge < -0.3 is 0 Å². The summed E-state index contributed by atoms with van der Waals surface area (Å²) in [5, 5.41) is 0. The first kappa shape index (κ1) is 34.1. The first-order valence-corrected chi connectivity index (χ1v) is 20.0. The highest BCUT2D eigenvalue weighted by molar-refractivity contribution is 5.90. The minimum atomic E-state index is -0.441. The van der Waals surface area contributed by atoms with Crippen molar-refractivity contribution < 1.29 is 0 Å². The van der Waals surface area contributed by atoms with E-state index in [1.165, 1.54) is 61.2 Å². The molecule has 3 nitrogen and oxygen atoms in total. The van der Waals surface area contributed by atoms with Gasteiger partial charge >= 0.3 is 0 Å². The lowest BCUT2D eigenvalue weighted by Crippen LogP contribution is -2.40. The lowest BCUT2D eigenvalue weighted by Gasteiger charge is -2.47. The molecule has 1 aromatic heterocycles. The Morgan fingerprint density at radius 1 is 0.276 bits per heavy atom. The number of nitrogens with zero attached hydrogens (tertiary/aromatic N) is 3. The number of aromatic nitrogens is 3. The molecule has 0 aliphatic heterocycles. The van der Waals surface area contributed by atoms with Crippen LogP contribution in [0.4, 0.5) is 0 Å². The Hall–Kier alpha value is -7.23. The minimum Gasteiger partial charge on any atom is -0.208 e. The molecule has 0 N–H and O–H groups in total. The second-order valence-corrected chi connectivity index (χ2v) is 15.9. The van der Waals surface area contributed by atoms with Crippen LogP contribution >= 0.6 is 0 Å². The molecule has 0 radical (unpaired) electrons. The average Bonchev–Trinajstić information content (AvgIpc) is 3.59. The third-order valence-corrected chi connectivity index (χ3v) is 12.4. The molecule has 11 rings (SSSR count). The summed E-state index contributed by atoms with van der Waals surface area (Å²) in [4.78, 5) is 14.9. The molecule has 2 aliphatic rings. The van der Waals surface area contributed by atoms with Gasteiger partial charge in [-0.05, 0) is 72.8 Å². The summed E-state index contributed by atoms with van der Waals surface area (Å²) < 4.78 is 0. The second kappa shape index (κ2) is 13.2. The van der Waals surface area contributed by atoms with Crippen molar-refractivity contribution in [3.8, 4) is 67.5 Å². The van der Waals surface area contributed by atoms with Gasteiger partial charge in [0, 0.05) is 22.1 Å². The zero-order valence-corrected chi connectivity index (χ0v) is 32.4. The summed E-state index contributed by atoms with van der Waals surface area (Å²) in [5.74, 6) is 1.96. The van der Waals surface area contributed by atoms with Crippen LogP contribution in [0.15, 0.2) is 200 Å². The highest BCUT2D eigenvalue weighted by atomic mass is 15.0. The fourth-order valence-corrected chi connectivity index (χ4v) is 9.75. The van der Waals surface area contributed by atoms with E-state index in [-0.39, 0.29) is 5.41 Å². The van der Waals surface area contributed by atoms with Crippen LogP contribution in [0.5, 0.6) is 0 Å². The van der Waals surface area contributed by atoms with Gasteiger partial charge in [-0.1, -0.05) is 208 Å². The standard InChI is InChI=1S/C55H39N3/c1-54(2)47-27-15-16-28-49(47)55(45-25-13-11-23-43(45)44-24-12-14-26-46(44)55)50-35-40(33-34-48(50)54)42-22-10-9-21-41(42)36-29-31-39(32-30-36)53-57-51(37-17-5-3-6-18-37)56-52(58-53)38-19-7-4-8-20-38/h3-35H,1-2H3. The van der Waals surface area contributed by atoms with Crippen molar-refractivity contribution >= 4 is 0 Å². The van der Waals surface area contributed by atoms with Crippen molar-refractivity contribution in [3.05, 3.63) is 234 Å². The third-order valence-electron chi connectivity index (χ3n) is 12.4. The van der Waals surface area contributed by atoms with Crippen LogP contribution in [0, 0.1) is 0 Å². The molecular weight excluding hydrogens is 703 g/mol. The SMILES string of the molecule is CC1(C)c2ccccc2C2(c3ccccc3-c3ccccc32)c2cc(-c3ccccc3-c3ccc(-c4nc(-c5ccccc5)nc(-c5ccccc5)n4)cc3)ccc21. The first-order chi connectivity index (χ1) is 28.5. The minimum absolute atomic E-state index is 0.187. The lowest BCUT2D eigenvalue weighted by molar-refractivity contribution is 0.563. The summed E-state index contributed by atoms with van der Waals surface area (Å²) >= 11 is 0. The van der Waals surface area contributed by atoms with E-state index in [4.69, 9.17) is 15.0 Å². The topological polar surface area (TPSA) is 38.7 Å². The number of hydrogen-bond acceptors (Lipinski definition) is 3. The highest BCUT2D eigenvalue weighted by Gasteiger charge is 2.53. The Labute approximate surface area is 339 Å².